The average Bonchev–Trinajstić information content (AvgIpc) is 2.27. The highest BCUT2D eigenvalue weighted by atomic mass is 32.2. The summed E-state index contributed by atoms with van der Waals surface area (Å²) in [6, 6.07) is 0. The fraction of sp³-hybridized carbons (Fsp3) is 1.00. The summed E-state index contributed by atoms with van der Waals surface area (Å²) < 4.78 is 72.8. The Bertz CT molecular complexity index is 347. The molecule has 0 spiro atoms. The van der Waals surface area contributed by atoms with Crippen molar-refractivity contribution in [3.63, 3.8) is 0 Å². The van der Waals surface area contributed by atoms with Gasteiger partial charge in [-0.1, -0.05) is 13.3 Å². The van der Waals surface area contributed by atoms with Gasteiger partial charge in [-0.05, 0) is 12.3 Å². The van der Waals surface area contributed by atoms with Gasteiger partial charge in [0, 0.05) is 19.0 Å². The molecule has 0 saturated carbocycles. The number of sulfonamides is 1. The summed E-state index contributed by atoms with van der Waals surface area (Å²) >= 11 is 0. The highest BCUT2D eigenvalue weighted by Crippen LogP contribution is 2.31. The van der Waals surface area contributed by atoms with Crippen LogP contribution < -0.4 is 0 Å². The second-order valence-electron chi connectivity index (χ2n) is 4.23. The van der Waals surface area contributed by atoms with Crippen LogP contribution >= 0.6 is 0 Å². The van der Waals surface area contributed by atoms with Crippen LogP contribution in [0.4, 0.5) is 17.6 Å². The second kappa shape index (κ2) is 5.51. The van der Waals surface area contributed by atoms with Crippen molar-refractivity contribution in [1.29, 1.82) is 0 Å². The normalized spacial score (nSPS) is 27.9. The van der Waals surface area contributed by atoms with Crippen LogP contribution in [0.25, 0.3) is 0 Å². The molecule has 1 rings (SSSR count). The van der Waals surface area contributed by atoms with Crippen molar-refractivity contribution >= 4 is 10.0 Å². The maximum absolute atomic E-state index is 12.6. The molecular weight excluding hydrogens is 262 g/mol. The van der Waals surface area contributed by atoms with E-state index >= 15 is 0 Å². The quantitative estimate of drug-likeness (QED) is 0.738. The van der Waals surface area contributed by atoms with Gasteiger partial charge >= 0.3 is 5.76 Å². The van der Waals surface area contributed by atoms with Crippen LogP contribution in [0, 0.1) is 11.8 Å². The SMILES string of the molecule is CC[C@@H]1C[C@H](C(F)F)CN(S(=O)(=O)C(F)F)C1. The van der Waals surface area contributed by atoms with Gasteiger partial charge in [-0.15, -0.1) is 0 Å². The number of hydrogen-bond donors (Lipinski definition) is 0. The molecule has 0 aliphatic carbocycles. The lowest BCUT2D eigenvalue weighted by atomic mass is 9.89. The molecule has 1 aliphatic rings. The molecule has 1 fully saturated rings. The Morgan fingerprint density at radius 1 is 1.24 bits per heavy atom. The van der Waals surface area contributed by atoms with E-state index in [1.54, 1.807) is 6.92 Å². The van der Waals surface area contributed by atoms with E-state index in [-0.39, 0.29) is 18.9 Å². The standard InChI is InChI=1S/C9H15F4NO2S/c1-2-6-3-7(8(10)11)5-14(4-6)17(15,16)9(12)13/h6-9H,2-5H2,1H3/t6-,7+/m1/s1. The zero-order chi connectivity index (χ0) is 13.2. The first-order valence-corrected chi connectivity index (χ1v) is 6.84. The van der Waals surface area contributed by atoms with Gasteiger partial charge in [0.15, 0.2) is 0 Å². The van der Waals surface area contributed by atoms with Crippen molar-refractivity contribution in [3.05, 3.63) is 0 Å². The van der Waals surface area contributed by atoms with Crippen molar-refractivity contribution in [2.75, 3.05) is 13.1 Å². The first-order chi connectivity index (χ1) is 7.78. The van der Waals surface area contributed by atoms with E-state index in [1.165, 1.54) is 0 Å². The van der Waals surface area contributed by atoms with Crippen LogP contribution in [0.1, 0.15) is 19.8 Å². The molecule has 0 unspecified atom stereocenters. The Morgan fingerprint density at radius 2 is 1.82 bits per heavy atom. The summed E-state index contributed by atoms with van der Waals surface area (Å²) in [6.45, 7) is 1.12. The van der Waals surface area contributed by atoms with Crippen LogP contribution in [0.2, 0.25) is 0 Å². The lowest BCUT2D eigenvalue weighted by Crippen LogP contribution is -2.47. The average molecular weight is 277 g/mol. The molecule has 17 heavy (non-hydrogen) atoms. The van der Waals surface area contributed by atoms with Crippen LogP contribution in [0.5, 0.6) is 0 Å². The van der Waals surface area contributed by atoms with Gasteiger partial charge in [0.2, 0.25) is 6.43 Å². The van der Waals surface area contributed by atoms with Gasteiger partial charge in [-0.3, -0.25) is 0 Å². The molecule has 3 nitrogen and oxygen atoms in total. The van der Waals surface area contributed by atoms with Crippen LogP contribution in [-0.4, -0.2) is 38.0 Å². The topological polar surface area (TPSA) is 37.4 Å². The molecule has 0 aromatic rings. The maximum Gasteiger partial charge on any atom is 0.350 e. The molecule has 0 aromatic carbocycles. The van der Waals surface area contributed by atoms with Gasteiger partial charge < -0.3 is 0 Å². The zero-order valence-corrected chi connectivity index (χ0v) is 10.1. The second-order valence-corrected chi connectivity index (χ2v) is 6.13. The number of hydrogen-bond acceptors (Lipinski definition) is 2. The summed E-state index contributed by atoms with van der Waals surface area (Å²) in [7, 11) is -4.74. The van der Waals surface area contributed by atoms with E-state index in [4.69, 9.17) is 0 Å². The van der Waals surface area contributed by atoms with Gasteiger partial charge in [-0.2, -0.15) is 13.1 Å². The Labute approximate surface area is 97.8 Å². The third-order valence-corrected chi connectivity index (χ3v) is 4.52. The number of nitrogens with zero attached hydrogens (tertiary/aromatic N) is 1. The van der Waals surface area contributed by atoms with Crippen LogP contribution in [-0.2, 0) is 10.0 Å². The molecule has 0 bridgehead atoms. The van der Waals surface area contributed by atoms with Crippen LogP contribution in [0.3, 0.4) is 0 Å². The monoisotopic (exact) mass is 277 g/mol. The fourth-order valence-electron chi connectivity index (χ4n) is 2.00. The largest absolute Gasteiger partial charge is 0.350 e. The predicted molar refractivity (Wildman–Crippen MR) is 54.4 cm³/mol. The molecule has 102 valence electrons. The summed E-state index contributed by atoms with van der Waals surface area (Å²) in [5.41, 5.74) is 0. The minimum absolute atomic E-state index is 0.0909. The third-order valence-electron chi connectivity index (χ3n) is 3.05. The Hall–Kier alpha value is -0.370. The third kappa shape index (κ3) is 3.31. The molecule has 8 heteroatoms. The van der Waals surface area contributed by atoms with Crippen molar-refractivity contribution in [3.8, 4) is 0 Å². The predicted octanol–water partition coefficient (Wildman–Crippen LogP) is 2.15. The van der Waals surface area contributed by atoms with E-state index in [0.29, 0.717) is 10.7 Å². The number of piperidine rings is 1. The molecule has 0 N–H and O–H groups in total. The summed E-state index contributed by atoms with van der Waals surface area (Å²) in [6.07, 6.45) is -2.00. The van der Waals surface area contributed by atoms with Crippen molar-refractivity contribution < 1.29 is 26.0 Å². The van der Waals surface area contributed by atoms with Crippen molar-refractivity contribution in [2.24, 2.45) is 11.8 Å². The van der Waals surface area contributed by atoms with E-state index < -0.39 is 34.7 Å². The fourth-order valence-corrected chi connectivity index (χ4v) is 3.04. The van der Waals surface area contributed by atoms with Gasteiger partial charge in [0.1, 0.15) is 0 Å². The van der Waals surface area contributed by atoms with Crippen LogP contribution in [0.15, 0.2) is 0 Å². The summed E-state index contributed by atoms with van der Waals surface area (Å²) in [5, 5.41) is 0. The maximum atomic E-state index is 12.6. The minimum Gasteiger partial charge on any atom is -0.210 e. The first kappa shape index (κ1) is 14.7. The van der Waals surface area contributed by atoms with Gasteiger partial charge in [0.25, 0.3) is 10.0 Å². The number of rotatable bonds is 4. The van der Waals surface area contributed by atoms with E-state index in [0.717, 1.165) is 0 Å². The van der Waals surface area contributed by atoms with Crippen molar-refractivity contribution in [1.82, 2.24) is 4.31 Å². The van der Waals surface area contributed by atoms with Gasteiger partial charge in [0.05, 0.1) is 0 Å². The summed E-state index contributed by atoms with van der Waals surface area (Å²) in [5.74, 6) is -4.98. The van der Waals surface area contributed by atoms with E-state index in [1.807, 2.05) is 0 Å². The molecular formula is C9H15F4NO2S. The number of halogens is 4. The molecule has 1 heterocycles. The Balaban J connectivity index is 2.86. The Morgan fingerprint density at radius 3 is 2.24 bits per heavy atom. The smallest absolute Gasteiger partial charge is 0.210 e. The van der Waals surface area contributed by atoms with Crippen molar-refractivity contribution in [2.45, 2.75) is 31.9 Å². The molecule has 1 saturated heterocycles. The molecule has 0 amide bonds. The Kier molecular flexibility index (Phi) is 4.77. The minimum atomic E-state index is -4.74. The molecule has 2 atom stereocenters. The molecule has 0 radical (unpaired) electrons. The molecule has 0 aromatic heterocycles. The summed E-state index contributed by atoms with van der Waals surface area (Å²) in [4.78, 5) is 0. The highest BCUT2D eigenvalue weighted by Gasteiger charge is 2.40. The number of alkyl halides is 4. The lowest BCUT2D eigenvalue weighted by Gasteiger charge is -2.36. The first-order valence-electron chi connectivity index (χ1n) is 5.34. The zero-order valence-electron chi connectivity index (χ0n) is 9.32. The van der Waals surface area contributed by atoms with Gasteiger partial charge in [-0.25, -0.2) is 17.2 Å². The molecule has 1 aliphatic heterocycles. The van der Waals surface area contributed by atoms with E-state index in [9.17, 15) is 26.0 Å². The van der Waals surface area contributed by atoms with E-state index in [2.05, 4.69) is 0 Å². The lowest BCUT2D eigenvalue weighted by molar-refractivity contribution is 0.0279. The highest BCUT2D eigenvalue weighted by molar-refractivity contribution is 7.89.